The third kappa shape index (κ3) is 6.09. The van der Waals surface area contributed by atoms with Crippen LogP contribution in [0.3, 0.4) is 0 Å². The minimum atomic E-state index is -1.06. The molecular weight excluding hydrogens is 531 g/mol. The number of rotatable bonds is 8. The van der Waals surface area contributed by atoms with Gasteiger partial charge in [0.1, 0.15) is 0 Å². The van der Waals surface area contributed by atoms with Crippen LogP contribution in [0.15, 0.2) is 116 Å². The van der Waals surface area contributed by atoms with E-state index in [1.54, 1.807) is 21.3 Å². The molecule has 0 amide bonds. The second-order valence-corrected chi connectivity index (χ2v) is 11.6. The van der Waals surface area contributed by atoms with Crippen molar-refractivity contribution in [1.82, 2.24) is 19.9 Å². The highest BCUT2D eigenvalue weighted by molar-refractivity contribution is 6.47. The number of hydrogen-bond acceptors (Lipinski definition) is 6. The molecule has 1 N–H and O–H groups in total. The van der Waals surface area contributed by atoms with Crippen molar-refractivity contribution in [2.45, 2.75) is 38.9 Å². The molecule has 0 aliphatic carbocycles. The van der Waals surface area contributed by atoms with Crippen molar-refractivity contribution < 1.29 is 9.76 Å². The van der Waals surface area contributed by atoms with Crippen molar-refractivity contribution in [2.24, 2.45) is 0 Å². The van der Waals surface area contributed by atoms with Crippen LogP contribution in [0.2, 0.25) is 0 Å². The van der Waals surface area contributed by atoms with Gasteiger partial charge >= 0.3 is 7.48 Å². The van der Waals surface area contributed by atoms with Crippen LogP contribution in [0.4, 0.5) is 0 Å². The quantitative estimate of drug-likeness (QED) is 0.203. The van der Waals surface area contributed by atoms with Crippen molar-refractivity contribution >= 4 is 23.7 Å². The molecule has 0 saturated heterocycles. The highest BCUT2D eigenvalue weighted by atomic mass is 16.5. The molecule has 0 saturated carbocycles. The molecule has 43 heavy (non-hydrogen) atoms. The summed E-state index contributed by atoms with van der Waals surface area (Å²) in [5.41, 5.74) is 3.45. The van der Waals surface area contributed by atoms with E-state index in [1.807, 2.05) is 105 Å². The molecule has 0 fully saturated rings. The number of benzene rings is 4. The molecule has 2 heterocycles. The first-order valence-electron chi connectivity index (χ1n) is 14.3. The Kier molecular flexibility index (Phi) is 7.61. The smallest absolute Gasteiger partial charge is 0.330 e. The number of pyridine rings is 1. The summed E-state index contributed by atoms with van der Waals surface area (Å²) in [6.07, 6.45) is 3.75. The van der Waals surface area contributed by atoms with Gasteiger partial charge in [-0.15, -0.1) is 0 Å². The molecule has 0 aliphatic rings. The topological polar surface area (TPSA) is 81.0 Å². The maximum absolute atomic E-state index is 10.7. The normalized spacial score (nSPS) is 11.9. The third-order valence-corrected chi connectivity index (χ3v) is 7.86. The van der Waals surface area contributed by atoms with E-state index in [2.05, 4.69) is 29.2 Å². The number of nitrogens with zero attached hydrogens (tertiary/aromatic N) is 4. The molecule has 4 aromatic carbocycles. The van der Waals surface area contributed by atoms with E-state index in [9.17, 15) is 5.11 Å². The van der Waals surface area contributed by atoms with Crippen LogP contribution in [0.5, 0.6) is 0 Å². The van der Waals surface area contributed by atoms with Crippen molar-refractivity contribution in [3.63, 3.8) is 0 Å². The second-order valence-electron chi connectivity index (χ2n) is 11.6. The molecule has 1 radical (unpaired) electrons. The highest BCUT2D eigenvalue weighted by Gasteiger charge is 2.35. The fourth-order valence-corrected chi connectivity index (χ4v) is 4.65. The van der Waals surface area contributed by atoms with E-state index in [1.165, 1.54) is 0 Å². The van der Waals surface area contributed by atoms with Crippen LogP contribution in [0.25, 0.3) is 56.1 Å². The Bertz CT molecular complexity index is 1820. The summed E-state index contributed by atoms with van der Waals surface area (Å²) in [6.45, 7) is 7.22. The fourth-order valence-electron chi connectivity index (χ4n) is 4.65. The zero-order valence-electron chi connectivity index (χ0n) is 24.7. The molecule has 0 aliphatic heterocycles. The molecule has 0 bridgehead atoms. The average molecular weight is 563 g/mol. The zero-order chi connectivity index (χ0) is 30.0. The zero-order valence-corrected chi connectivity index (χ0v) is 24.7. The van der Waals surface area contributed by atoms with E-state index in [0.717, 1.165) is 44.1 Å². The minimum Gasteiger partial charge on any atom is -0.427 e. The summed E-state index contributed by atoms with van der Waals surface area (Å²) in [4.78, 5) is 19.3. The lowest BCUT2D eigenvalue weighted by Crippen LogP contribution is -2.49. The van der Waals surface area contributed by atoms with Crippen molar-refractivity contribution in [3.8, 4) is 45.3 Å². The number of fused-ring (bicyclic) bond motifs is 1. The summed E-state index contributed by atoms with van der Waals surface area (Å²) in [6, 6.07) is 34.2. The summed E-state index contributed by atoms with van der Waals surface area (Å²) in [5, 5.41) is 12.8. The Morgan fingerprint density at radius 3 is 1.74 bits per heavy atom. The van der Waals surface area contributed by atoms with Gasteiger partial charge in [0.2, 0.25) is 0 Å². The predicted octanol–water partition coefficient (Wildman–Crippen LogP) is 6.90. The van der Waals surface area contributed by atoms with Crippen LogP contribution in [0, 0.1) is 0 Å². The molecular formula is C36H32BN4O2. The second kappa shape index (κ2) is 11.5. The maximum Gasteiger partial charge on any atom is 0.330 e. The monoisotopic (exact) mass is 563 g/mol. The van der Waals surface area contributed by atoms with Crippen molar-refractivity contribution in [2.75, 3.05) is 0 Å². The summed E-state index contributed by atoms with van der Waals surface area (Å²) in [5.74, 6) is 1.72. The summed E-state index contributed by atoms with van der Waals surface area (Å²) in [7, 11) is 1.70. The number of aliphatic hydroxyl groups is 1. The van der Waals surface area contributed by atoms with Gasteiger partial charge in [-0.25, -0.2) is 15.0 Å². The first kappa shape index (κ1) is 28.4. The van der Waals surface area contributed by atoms with Gasteiger partial charge in [0.05, 0.1) is 11.2 Å². The Labute approximate surface area is 252 Å². The van der Waals surface area contributed by atoms with Crippen molar-refractivity contribution in [3.05, 3.63) is 116 Å². The molecule has 0 spiro atoms. The van der Waals surface area contributed by atoms with Gasteiger partial charge in [-0.05, 0) is 44.7 Å². The van der Waals surface area contributed by atoms with E-state index in [-0.39, 0.29) is 0 Å². The van der Waals surface area contributed by atoms with Gasteiger partial charge < -0.3 is 9.76 Å². The molecule has 211 valence electrons. The van der Waals surface area contributed by atoms with Gasteiger partial charge in [-0.1, -0.05) is 103 Å². The lowest BCUT2D eigenvalue weighted by Gasteiger charge is -2.37. The molecule has 0 atom stereocenters. The van der Waals surface area contributed by atoms with Crippen LogP contribution in [0.1, 0.15) is 27.7 Å². The lowest BCUT2D eigenvalue weighted by atomic mass is 9.80. The van der Waals surface area contributed by atoms with Crippen LogP contribution in [-0.4, -0.2) is 43.7 Å². The third-order valence-electron chi connectivity index (χ3n) is 7.86. The van der Waals surface area contributed by atoms with E-state index in [0.29, 0.717) is 17.5 Å². The molecule has 6 rings (SSSR count). The first-order valence-corrected chi connectivity index (χ1v) is 14.3. The molecule has 0 unspecified atom stereocenters. The predicted molar refractivity (Wildman–Crippen MR) is 174 cm³/mol. The number of hydrogen-bond donors (Lipinski definition) is 1. The molecule has 6 aromatic rings. The van der Waals surface area contributed by atoms with E-state index >= 15 is 0 Å². The van der Waals surface area contributed by atoms with Crippen molar-refractivity contribution in [1.29, 1.82) is 0 Å². The Balaban J connectivity index is 1.54. The van der Waals surface area contributed by atoms with Crippen LogP contribution >= 0.6 is 0 Å². The Morgan fingerprint density at radius 2 is 1.14 bits per heavy atom. The molecule has 7 heteroatoms. The van der Waals surface area contributed by atoms with Crippen LogP contribution in [-0.2, 0) is 4.65 Å². The van der Waals surface area contributed by atoms with Gasteiger partial charge in [-0.2, -0.15) is 0 Å². The fraction of sp³-hybridized carbons (Fsp3) is 0.167. The van der Waals surface area contributed by atoms with Gasteiger partial charge in [0.15, 0.2) is 17.5 Å². The maximum atomic E-state index is 10.7. The molecule has 2 aromatic heterocycles. The largest absolute Gasteiger partial charge is 0.427 e. The minimum absolute atomic E-state index is 0.541. The highest BCUT2D eigenvalue weighted by Crippen LogP contribution is 2.31. The van der Waals surface area contributed by atoms with Gasteiger partial charge in [0.25, 0.3) is 0 Å². The average Bonchev–Trinajstić information content (AvgIpc) is 3.03. The SMILES string of the molecule is CC(C)(O)C(C)(C)O[B]c1cc(-c2nc(-c3ccccc3)nc(-c3ccccc3)n2)cc(-c2cncc3ccccc23)c1. The van der Waals surface area contributed by atoms with Gasteiger partial charge in [0, 0.05) is 40.0 Å². The first-order chi connectivity index (χ1) is 20.7. The summed E-state index contributed by atoms with van der Waals surface area (Å²) >= 11 is 0. The number of aromatic nitrogens is 4. The van der Waals surface area contributed by atoms with Gasteiger partial charge in [-0.3, -0.25) is 4.98 Å². The lowest BCUT2D eigenvalue weighted by molar-refractivity contribution is -0.0893. The molecule has 6 nitrogen and oxygen atoms in total. The van der Waals surface area contributed by atoms with E-state index in [4.69, 9.17) is 19.6 Å². The Morgan fingerprint density at radius 1 is 0.605 bits per heavy atom. The summed E-state index contributed by atoms with van der Waals surface area (Å²) < 4.78 is 6.19. The van der Waals surface area contributed by atoms with Crippen LogP contribution < -0.4 is 5.46 Å². The van der Waals surface area contributed by atoms with E-state index < -0.39 is 11.2 Å². The Hall–Kier alpha value is -4.72. The standard InChI is InChI=1S/C36H32BN4O2/c1-35(2,42)36(3,4)43-37-29-20-27(31-23-38-22-26-17-11-12-18-30(26)31)19-28(21-29)34-40-32(24-13-7-5-8-14-24)39-33(41-34)25-15-9-6-10-16-25/h5-23,42H,1-4H3.